The molecule has 0 atom stereocenters. The zero-order valence-electron chi connectivity index (χ0n) is 15.8. The predicted octanol–water partition coefficient (Wildman–Crippen LogP) is 4.05. The highest BCUT2D eigenvalue weighted by atomic mass is 19.1. The van der Waals surface area contributed by atoms with Gasteiger partial charge in [-0.2, -0.15) is 5.10 Å². The van der Waals surface area contributed by atoms with Gasteiger partial charge in [0.25, 0.3) is 0 Å². The number of para-hydroxylation sites is 1. The van der Waals surface area contributed by atoms with E-state index in [1.54, 1.807) is 6.07 Å². The number of anilines is 2. The molecule has 1 heterocycles. The monoisotopic (exact) mass is 402 g/mol. The number of rotatable bonds is 8. The SMILES string of the molecule is N=C/C=C\Nc1ccc(-n2ccc(=O)c(/C(=C/C=N)Nc3ccccc3)n2)c(F)c1. The van der Waals surface area contributed by atoms with Crippen LogP contribution < -0.4 is 16.1 Å². The molecule has 0 aliphatic rings. The lowest BCUT2D eigenvalue weighted by molar-refractivity contribution is 0.608. The van der Waals surface area contributed by atoms with Gasteiger partial charge in [0.1, 0.15) is 5.69 Å². The Balaban J connectivity index is 1.97. The van der Waals surface area contributed by atoms with E-state index in [0.717, 1.165) is 18.1 Å². The van der Waals surface area contributed by atoms with Crippen LogP contribution in [0.1, 0.15) is 5.69 Å². The van der Waals surface area contributed by atoms with Gasteiger partial charge in [0, 0.05) is 42.3 Å². The molecule has 30 heavy (non-hydrogen) atoms. The van der Waals surface area contributed by atoms with Crippen LogP contribution in [0.5, 0.6) is 0 Å². The van der Waals surface area contributed by atoms with E-state index in [1.807, 2.05) is 30.3 Å². The number of nitrogens with one attached hydrogen (secondary N) is 4. The zero-order valence-corrected chi connectivity index (χ0v) is 15.8. The van der Waals surface area contributed by atoms with Crippen LogP contribution in [0.15, 0.2) is 83.9 Å². The third kappa shape index (κ3) is 4.93. The highest BCUT2D eigenvalue weighted by Crippen LogP contribution is 2.19. The molecule has 150 valence electrons. The van der Waals surface area contributed by atoms with Crippen molar-refractivity contribution in [3.05, 3.63) is 101 Å². The van der Waals surface area contributed by atoms with Crippen LogP contribution in [0.2, 0.25) is 0 Å². The first-order chi connectivity index (χ1) is 14.6. The van der Waals surface area contributed by atoms with Gasteiger partial charge in [-0.15, -0.1) is 0 Å². The Morgan fingerprint density at radius 2 is 1.83 bits per heavy atom. The molecule has 8 heteroatoms. The van der Waals surface area contributed by atoms with Crippen molar-refractivity contribution in [1.82, 2.24) is 9.78 Å². The van der Waals surface area contributed by atoms with Crippen molar-refractivity contribution >= 4 is 29.5 Å². The first-order valence-corrected chi connectivity index (χ1v) is 8.97. The second-order valence-electron chi connectivity index (χ2n) is 6.05. The molecule has 0 unspecified atom stereocenters. The molecule has 0 saturated heterocycles. The van der Waals surface area contributed by atoms with E-state index in [-0.39, 0.29) is 16.8 Å². The number of benzene rings is 2. The maximum Gasteiger partial charge on any atom is 0.209 e. The smallest absolute Gasteiger partial charge is 0.209 e. The summed E-state index contributed by atoms with van der Waals surface area (Å²) in [4.78, 5) is 12.4. The summed E-state index contributed by atoms with van der Waals surface area (Å²) in [5.41, 5.74) is 1.41. The van der Waals surface area contributed by atoms with Gasteiger partial charge in [-0.3, -0.25) is 4.79 Å². The Hall–Kier alpha value is -4.33. The summed E-state index contributed by atoms with van der Waals surface area (Å²) >= 11 is 0. The highest BCUT2D eigenvalue weighted by molar-refractivity contribution is 5.86. The minimum Gasteiger partial charge on any atom is -0.362 e. The van der Waals surface area contributed by atoms with Crippen LogP contribution in [0, 0.1) is 16.6 Å². The van der Waals surface area contributed by atoms with Gasteiger partial charge in [-0.05, 0) is 42.5 Å². The molecule has 0 bridgehead atoms. The van der Waals surface area contributed by atoms with Gasteiger partial charge in [-0.25, -0.2) is 9.07 Å². The Kier molecular flexibility index (Phi) is 6.63. The van der Waals surface area contributed by atoms with Crippen LogP contribution in [-0.2, 0) is 0 Å². The van der Waals surface area contributed by atoms with Crippen LogP contribution in [0.3, 0.4) is 0 Å². The summed E-state index contributed by atoms with van der Waals surface area (Å²) in [7, 11) is 0. The van der Waals surface area contributed by atoms with Crippen molar-refractivity contribution in [3.63, 3.8) is 0 Å². The summed E-state index contributed by atoms with van der Waals surface area (Å²) in [5.74, 6) is -0.543. The fraction of sp³-hybridized carbons (Fsp3) is 0. The average Bonchev–Trinajstić information content (AvgIpc) is 2.75. The highest BCUT2D eigenvalue weighted by Gasteiger charge is 2.12. The molecule has 0 aliphatic carbocycles. The number of halogens is 1. The maximum absolute atomic E-state index is 14.7. The lowest BCUT2D eigenvalue weighted by Crippen LogP contribution is -2.19. The van der Waals surface area contributed by atoms with Crippen molar-refractivity contribution in [2.75, 3.05) is 10.6 Å². The summed E-state index contributed by atoms with van der Waals surface area (Å²) in [6.45, 7) is 0. The lowest BCUT2D eigenvalue weighted by atomic mass is 10.2. The van der Waals surface area contributed by atoms with Crippen molar-refractivity contribution in [1.29, 1.82) is 10.8 Å². The third-order valence-corrected chi connectivity index (χ3v) is 4.00. The molecule has 7 nitrogen and oxygen atoms in total. The quantitative estimate of drug-likeness (QED) is 0.427. The lowest BCUT2D eigenvalue weighted by Gasteiger charge is -2.13. The van der Waals surface area contributed by atoms with Gasteiger partial charge in [0.2, 0.25) is 5.43 Å². The number of aromatic nitrogens is 2. The van der Waals surface area contributed by atoms with E-state index in [2.05, 4.69) is 15.7 Å². The van der Waals surface area contributed by atoms with E-state index in [0.29, 0.717) is 11.4 Å². The van der Waals surface area contributed by atoms with E-state index < -0.39 is 5.82 Å². The molecule has 0 saturated carbocycles. The minimum atomic E-state index is -0.543. The van der Waals surface area contributed by atoms with Crippen molar-refractivity contribution in [3.8, 4) is 5.69 Å². The van der Waals surface area contributed by atoms with Crippen LogP contribution in [-0.4, -0.2) is 22.2 Å². The average molecular weight is 402 g/mol. The fourth-order valence-corrected chi connectivity index (χ4v) is 2.64. The number of hydrogen-bond donors (Lipinski definition) is 4. The van der Waals surface area contributed by atoms with E-state index in [1.165, 1.54) is 47.4 Å². The van der Waals surface area contributed by atoms with Gasteiger partial charge in [-0.1, -0.05) is 18.2 Å². The summed E-state index contributed by atoms with van der Waals surface area (Å²) in [6.07, 6.45) is 7.94. The van der Waals surface area contributed by atoms with Gasteiger partial charge in [0.05, 0.1) is 5.70 Å². The molecule has 0 aliphatic heterocycles. The van der Waals surface area contributed by atoms with Crippen LogP contribution in [0.4, 0.5) is 15.8 Å². The molecule has 0 fully saturated rings. The molecule has 3 rings (SSSR count). The molecule has 3 aromatic rings. The van der Waals surface area contributed by atoms with Gasteiger partial charge >= 0.3 is 0 Å². The summed E-state index contributed by atoms with van der Waals surface area (Å²) in [6, 6.07) is 14.9. The number of hydrogen-bond acceptors (Lipinski definition) is 6. The normalized spacial score (nSPS) is 11.3. The molecule has 0 amide bonds. The zero-order chi connectivity index (χ0) is 21.3. The standard InChI is InChI=1S/C22H19FN6O/c23-18-15-17(26-13-4-11-24)7-8-20(18)29-14-10-21(30)22(28-29)19(9-12-25)27-16-5-2-1-3-6-16/h1-15,24-27H/b13-4-,19-9-,24-11?,25-12?. The molecular weight excluding hydrogens is 383 g/mol. The number of nitrogens with zero attached hydrogens (tertiary/aromatic N) is 2. The molecule has 2 aromatic carbocycles. The predicted molar refractivity (Wildman–Crippen MR) is 118 cm³/mol. The topological polar surface area (TPSA) is 107 Å². The van der Waals surface area contributed by atoms with E-state index in [4.69, 9.17) is 10.8 Å². The first kappa shape index (κ1) is 20.4. The molecular formula is C22H19FN6O. The fourth-order valence-electron chi connectivity index (χ4n) is 2.64. The maximum atomic E-state index is 14.7. The van der Waals surface area contributed by atoms with Crippen LogP contribution >= 0.6 is 0 Å². The van der Waals surface area contributed by atoms with Crippen molar-refractivity contribution in [2.45, 2.75) is 0 Å². The van der Waals surface area contributed by atoms with Crippen LogP contribution in [0.25, 0.3) is 11.4 Å². The largest absolute Gasteiger partial charge is 0.362 e. The number of allylic oxidation sites excluding steroid dienone is 2. The molecule has 0 spiro atoms. The summed E-state index contributed by atoms with van der Waals surface area (Å²) < 4.78 is 15.9. The first-order valence-electron chi connectivity index (χ1n) is 8.97. The second-order valence-corrected chi connectivity index (χ2v) is 6.05. The van der Waals surface area contributed by atoms with E-state index in [9.17, 15) is 9.18 Å². The Morgan fingerprint density at radius 1 is 1.03 bits per heavy atom. The Bertz CT molecular complexity index is 1170. The van der Waals surface area contributed by atoms with Crippen molar-refractivity contribution in [2.24, 2.45) is 0 Å². The van der Waals surface area contributed by atoms with Crippen molar-refractivity contribution < 1.29 is 4.39 Å². The van der Waals surface area contributed by atoms with E-state index >= 15 is 0 Å². The molecule has 4 N–H and O–H groups in total. The Morgan fingerprint density at radius 3 is 2.53 bits per heavy atom. The second kappa shape index (κ2) is 9.74. The van der Waals surface area contributed by atoms with Gasteiger partial charge < -0.3 is 21.5 Å². The molecule has 1 aromatic heterocycles. The Labute approximate surface area is 172 Å². The molecule has 0 radical (unpaired) electrons. The summed E-state index contributed by atoms with van der Waals surface area (Å²) in [5, 5.41) is 24.6. The third-order valence-electron chi connectivity index (χ3n) is 4.00. The van der Waals surface area contributed by atoms with Gasteiger partial charge in [0.15, 0.2) is 11.5 Å². The minimum absolute atomic E-state index is 0.0559.